The summed E-state index contributed by atoms with van der Waals surface area (Å²) in [6.45, 7) is 0.343. The number of aromatic nitrogens is 1. The van der Waals surface area contributed by atoms with Crippen LogP contribution in [0.2, 0.25) is 0 Å². The molecule has 1 amide bonds. The Kier molecular flexibility index (Phi) is 7.23. The maximum atomic E-state index is 12.0. The van der Waals surface area contributed by atoms with Gasteiger partial charge in [-0.3, -0.25) is 9.78 Å². The Balaban J connectivity index is 2.54. The van der Waals surface area contributed by atoms with Crippen molar-refractivity contribution in [3.63, 3.8) is 0 Å². The van der Waals surface area contributed by atoms with Crippen molar-refractivity contribution in [2.75, 3.05) is 33.5 Å². The van der Waals surface area contributed by atoms with Crippen LogP contribution in [0.25, 0.3) is 0 Å². The number of rotatable bonds is 9. The lowest BCUT2D eigenvalue weighted by molar-refractivity contribution is -0.146. The number of carbonyl (C=O) groups excluding carboxylic acids is 1. The first kappa shape index (κ1) is 16.1. The van der Waals surface area contributed by atoms with Gasteiger partial charge in [0.15, 0.2) is 0 Å². The molecule has 0 unspecified atom stereocenters. The summed E-state index contributed by atoms with van der Waals surface area (Å²) in [5.41, 5.74) is 0.746. The quantitative estimate of drug-likeness (QED) is 0.694. The van der Waals surface area contributed by atoms with E-state index >= 15 is 0 Å². The monoisotopic (exact) mass is 282 g/mol. The molecule has 110 valence electrons. The predicted molar refractivity (Wildman–Crippen MR) is 70.0 cm³/mol. The summed E-state index contributed by atoms with van der Waals surface area (Å²) in [5, 5.41) is 8.46. The van der Waals surface area contributed by atoms with Gasteiger partial charge < -0.3 is 19.5 Å². The van der Waals surface area contributed by atoms with Crippen LogP contribution in [0.1, 0.15) is 5.69 Å². The number of methoxy groups -OCH3 is 1. The van der Waals surface area contributed by atoms with Crippen molar-refractivity contribution in [3.8, 4) is 0 Å². The second-order valence-corrected chi connectivity index (χ2v) is 4.02. The summed E-state index contributed by atoms with van der Waals surface area (Å²) in [4.78, 5) is 28.0. The number of amides is 1. The van der Waals surface area contributed by atoms with Crippen LogP contribution in [0.15, 0.2) is 24.4 Å². The Labute approximate surface area is 117 Å². The smallest absolute Gasteiger partial charge is 0.329 e. The number of hydrogen-bond acceptors (Lipinski definition) is 5. The number of aliphatic carboxylic acids is 1. The highest BCUT2D eigenvalue weighted by Gasteiger charge is 2.15. The molecule has 0 atom stereocenters. The lowest BCUT2D eigenvalue weighted by Crippen LogP contribution is -2.36. The number of carboxylic acids is 1. The third-order valence-corrected chi connectivity index (χ3v) is 2.45. The summed E-state index contributed by atoms with van der Waals surface area (Å²) in [6.07, 6.45) is 1.65. The fourth-order valence-electron chi connectivity index (χ4n) is 1.50. The molecule has 0 aliphatic carbocycles. The third kappa shape index (κ3) is 6.26. The van der Waals surface area contributed by atoms with Gasteiger partial charge in [-0.05, 0) is 12.1 Å². The number of carboxylic acid groups (broad SMARTS) is 1. The van der Waals surface area contributed by atoms with Gasteiger partial charge in [-0.15, -0.1) is 0 Å². The van der Waals surface area contributed by atoms with E-state index in [1.807, 2.05) is 12.1 Å². The third-order valence-electron chi connectivity index (χ3n) is 2.45. The maximum Gasteiger partial charge on any atom is 0.329 e. The van der Waals surface area contributed by atoms with Gasteiger partial charge in [0.05, 0.1) is 18.8 Å². The minimum Gasteiger partial charge on any atom is -0.480 e. The van der Waals surface area contributed by atoms with Crippen molar-refractivity contribution < 1.29 is 24.2 Å². The van der Waals surface area contributed by atoms with E-state index in [-0.39, 0.29) is 12.5 Å². The van der Waals surface area contributed by atoms with Crippen molar-refractivity contribution >= 4 is 11.9 Å². The summed E-state index contributed by atoms with van der Waals surface area (Å²) in [7, 11) is 1.55. The number of nitrogens with zero attached hydrogens (tertiary/aromatic N) is 2. The number of carbonyl (C=O) groups is 2. The second-order valence-electron chi connectivity index (χ2n) is 4.02. The van der Waals surface area contributed by atoms with E-state index < -0.39 is 12.6 Å². The molecule has 0 saturated heterocycles. The van der Waals surface area contributed by atoms with E-state index in [1.54, 1.807) is 19.4 Å². The van der Waals surface area contributed by atoms with Crippen molar-refractivity contribution in [3.05, 3.63) is 30.1 Å². The first-order chi connectivity index (χ1) is 9.63. The van der Waals surface area contributed by atoms with Crippen LogP contribution < -0.4 is 0 Å². The van der Waals surface area contributed by atoms with Gasteiger partial charge in [0.1, 0.15) is 13.2 Å². The lowest BCUT2D eigenvalue weighted by atomic mass is 10.3. The summed E-state index contributed by atoms with van der Waals surface area (Å²) in [5.74, 6) is -1.40. The lowest BCUT2D eigenvalue weighted by Gasteiger charge is -2.21. The van der Waals surface area contributed by atoms with E-state index in [1.165, 1.54) is 4.90 Å². The molecule has 0 aliphatic rings. The number of hydrogen-bond donors (Lipinski definition) is 1. The fourth-order valence-corrected chi connectivity index (χ4v) is 1.50. The molecule has 1 heterocycles. The molecule has 7 nitrogen and oxygen atoms in total. The van der Waals surface area contributed by atoms with E-state index in [4.69, 9.17) is 14.6 Å². The van der Waals surface area contributed by atoms with Crippen LogP contribution in [0.4, 0.5) is 0 Å². The van der Waals surface area contributed by atoms with Gasteiger partial charge in [0.25, 0.3) is 0 Å². The number of ether oxygens (including phenoxy) is 2. The van der Waals surface area contributed by atoms with E-state index in [9.17, 15) is 9.59 Å². The first-order valence-corrected chi connectivity index (χ1v) is 6.09. The summed E-state index contributed by atoms with van der Waals surface area (Å²) < 4.78 is 9.76. The predicted octanol–water partition coefficient (Wildman–Crippen LogP) is 0.158. The van der Waals surface area contributed by atoms with Gasteiger partial charge in [-0.2, -0.15) is 0 Å². The largest absolute Gasteiger partial charge is 0.480 e. The van der Waals surface area contributed by atoms with Crippen molar-refractivity contribution in [2.45, 2.75) is 6.54 Å². The molecule has 0 bridgehead atoms. The Morgan fingerprint density at radius 3 is 2.75 bits per heavy atom. The van der Waals surface area contributed by atoms with E-state index in [0.29, 0.717) is 19.7 Å². The molecule has 1 N–H and O–H groups in total. The fraction of sp³-hybridized carbons (Fsp3) is 0.462. The zero-order valence-electron chi connectivity index (χ0n) is 11.3. The molecule has 1 aromatic heterocycles. The van der Waals surface area contributed by atoms with Crippen LogP contribution in [0.3, 0.4) is 0 Å². The van der Waals surface area contributed by atoms with Crippen molar-refractivity contribution in [1.82, 2.24) is 9.88 Å². The Hall–Kier alpha value is -1.99. The highest BCUT2D eigenvalue weighted by Crippen LogP contribution is 2.02. The van der Waals surface area contributed by atoms with Crippen molar-refractivity contribution in [1.29, 1.82) is 0 Å². The molecular weight excluding hydrogens is 264 g/mol. The van der Waals surface area contributed by atoms with Crippen LogP contribution in [0.5, 0.6) is 0 Å². The summed E-state index contributed by atoms with van der Waals surface area (Å²) in [6, 6.07) is 5.44. The second kappa shape index (κ2) is 9.00. The van der Waals surface area contributed by atoms with Gasteiger partial charge in [0, 0.05) is 19.9 Å². The minimum absolute atomic E-state index is 0.275. The number of pyridine rings is 1. The zero-order chi connectivity index (χ0) is 14.8. The normalized spacial score (nSPS) is 10.2. The molecular formula is C13H18N2O5. The Bertz CT molecular complexity index is 424. The highest BCUT2D eigenvalue weighted by atomic mass is 16.5. The van der Waals surface area contributed by atoms with Crippen LogP contribution in [-0.4, -0.2) is 60.3 Å². The average molecular weight is 282 g/mol. The van der Waals surface area contributed by atoms with E-state index in [2.05, 4.69) is 4.98 Å². The van der Waals surface area contributed by atoms with Gasteiger partial charge in [-0.1, -0.05) is 6.07 Å². The first-order valence-electron chi connectivity index (χ1n) is 6.09. The molecule has 1 aromatic rings. The standard InChI is InChI=1S/C13H18N2O5/c1-19-7-6-15(8-11-4-2-3-5-14-11)12(16)9-20-10-13(17)18/h2-5H,6-10H2,1H3,(H,17,18). The maximum absolute atomic E-state index is 12.0. The van der Waals surface area contributed by atoms with Crippen LogP contribution in [-0.2, 0) is 25.6 Å². The minimum atomic E-state index is -1.11. The molecule has 0 aromatic carbocycles. The molecule has 0 saturated carbocycles. The highest BCUT2D eigenvalue weighted by molar-refractivity contribution is 5.78. The SMILES string of the molecule is COCCN(Cc1ccccn1)C(=O)COCC(=O)O. The molecule has 7 heteroatoms. The van der Waals surface area contributed by atoms with Crippen LogP contribution >= 0.6 is 0 Å². The van der Waals surface area contributed by atoms with Gasteiger partial charge in [-0.25, -0.2) is 4.79 Å². The van der Waals surface area contributed by atoms with E-state index in [0.717, 1.165) is 5.69 Å². The van der Waals surface area contributed by atoms with Crippen LogP contribution in [0, 0.1) is 0 Å². The van der Waals surface area contributed by atoms with Gasteiger partial charge >= 0.3 is 5.97 Å². The average Bonchev–Trinajstić information content (AvgIpc) is 2.44. The molecule has 0 fully saturated rings. The molecule has 1 rings (SSSR count). The van der Waals surface area contributed by atoms with Gasteiger partial charge in [0.2, 0.25) is 5.91 Å². The molecule has 0 radical (unpaired) electrons. The summed E-state index contributed by atoms with van der Waals surface area (Å²) >= 11 is 0. The Morgan fingerprint density at radius 1 is 1.35 bits per heavy atom. The molecule has 0 aliphatic heterocycles. The molecule has 20 heavy (non-hydrogen) atoms. The van der Waals surface area contributed by atoms with Crippen molar-refractivity contribution in [2.24, 2.45) is 0 Å². The zero-order valence-corrected chi connectivity index (χ0v) is 11.3. The topological polar surface area (TPSA) is 89.0 Å². The molecule has 0 spiro atoms. The Morgan fingerprint density at radius 2 is 2.15 bits per heavy atom.